The van der Waals surface area contributed by atoms with E-state index in [0.29, 0.717) is 30.0 Å². The molecule has 130 valence electrons. The molecule has 2 amide bonds. The summed E-state index contributed by atoms with van der Waals surface area (Å²) in [5.41, 5.74) is 0.638. The van der Waals surface area contributed by atoms with Gasteiger partial charge in [-0.2, -0.15) is 0 Å². The molecular weight excluding hydrogens is 300 g/mol. The quantitative estimate of drug-likeness (QED) is 0.921. The van der Waals surface area contributed by atoms with Crippen molar-refractivity contribution in [2.24, 2.45) is 5.92 Å². The van der Waals surface area contributed by atoms with Crippen LogP contribution in [-0.2, 0) is 4.79 Å². The van der Waals surface area contributed by atoms with E-state index in [1.165, 1.54) is 19.3 Å². The van der Waals surface area contributed by atoms with Gasteiger partial charge in [-0.25, -0.2) is 0 Å². The van der Waals surface area contributed by atoms with E-state index >= 15 is 0 Å². The van der Waals surface area contributed by atoms with Gasteiger partial charge in [0.05, 0.1) is 0 Å². The Kier molecular flexibility index (Phi) is 5.22. The molecule has 1 aromatic rings. The Bertz CT molecular complexity index is 587. The summed E-state index contributed by atoms with van der Waals surface area (Å²) in [5, 5.41) is 2.95. The van der Waals surface area contributed by atoms with Crippen LogP contribution >= 0.6 is 0 Å². The summed E-state index contributed by atoms with van der Waals surface area (Å²) in [5.74, 6) is 0.769. The molecule has 1 saturated heterocycles. The molecule has 1 aromatic carbocycles. The van der Waals surface area contributed by atoms with Crippen LogP contribution in [0, 0.1) is 5.92 Å². The molecule has 2 fully saturated rings. The third kappa shape index (κ3) is 3.63. The average molecular weight is 328 g/mol. The molecule has 4 nitrogen and oxygen atoms in total. The van der Waals surface area contributed by atoms with Gasteiger partial charge in [0.25, 0.3) is 5.91 Å². The molecule has 2 aliphatic rings. The number of hydrogen-bond acceptors (Lipinski definition) is 2. The Morgan fingerprint density at radius 2 is 1.92 bits per heavy atom. The molecule has 24 heavy (non-hydrogen) atoms. The number of hydrogen-bond donors (Lipinski definition) is 1. The molecular formula is C20H28N2O2. The maximum Gasteiger partial charge on any atom is 0.251 e. The Balaban J connectivity index is 1.57. The van der Waals surface area contributed by atoms with Gasteiger partial charge in [0.2, 0.25) is 5.91 Å². The summed E-state index contributed by atoms with van der Waals surface area (Å²) in [6, 6.07) is 9.78. The summed E-state index contributed by atoms with van der Waals surface area (Å²) < 4.78 is 0. The number of rotatable bonds is 4. The molecule has 1 saturated carbocycles. The van der Waals surface area contributed by atoms with Crippen LogP contribution in [0.2, 0.25) is 0 Å². The molecule has 1 aliphatic heterocycles. The van der Waals surface area contributed by atoms with Crippen LogP contribution in [0.3, 0.4) is 0 Å². The highest BCUT2D eigenvalue weighted by Gasteiger charge is 2.42. The standard InChI is InChI=1S/C20H28N2O2/c1-14(21-20(24)16-8-4-3-5-9-16)12-19(23)22-15(2)13-17-10-6-7-11-18(17)22/h3-5,8-9,14-15,17-18H,6-7,10-13H2,1-2H3,(H,21,24)/t14-,15-,17+,18-/m1/s1. The fourth-order valence-electron chi connectivity index (χ4n) is 4.45. The van der Waals surface area contributed by atoms with E-state index in [9.17, 15) is 9.59 Å². The first kappa shape index (κ1) is 17.0. The van der Waals surface area contributed by atoms with Gasteiger partial charge in [0, 0.05) is 30.1 Å². The minimum atomic E-state index is -0.153. The van der Waals surface area contributed by atoms with Crippen molar-refractivity contribution in [2.45, 2.75) is 70.5 Å². The van der Waals surface area contributed by atoms with Crippen LogP contribution in [0.4, 0.5) is 0 Å². The number of benzene rings is 1. The van der Waals surface area contributed by atoms with Gasteiger partial charge in [-0.05, 0) is 51.2 Å². The lowest BCUT2D eigenvalue weighted by molar-refractivity contribution is -0.134. The minimum absolute atomic E-state index is 0.110. The maximum absolute atomic E-state index is 12.8. The van der Waals surface area contributed by atoms with Crippen molar-refractivity contribution in [1.29, 1.82) is 0 Å². The zero-order chi connectivity index (χ0) is 17.1. The summed E-state index contributed by atoms with van der Waals surface area (Å²) in [6.07, 6.45) is 6.47. The Labute approximate surface area is 144 Å². The van der Waals surface area contributed by atoms with Gasteiger partial charge in [-0.3, -0.25) is 9.59 Å². The van der Waals surface area contributed by atoms with E-state index in [0.717, 1.165) is 12.8 Å². The van der Waals surface area contributed by atoms with E-state index in [4.69, 9.17) is 0 Å². The fraction of sp³-hybridized carbons (Fsp3) is 0.600. The van der Waals surface area contributed by atoms with E-state index < -0.39 is 0 Å². The third-order valence-electron chi connectivity index (χ3n) is 5.53. The van der Waals surface area contributed by atoms with E-state index in [1.807, 2.05) is 25.1 Å². The van der Waals surface area contributed by atoms with Crippen molar-refractivity contribution < 1.29 is 9.59 Å². The highest BCUT2D eigenvalue weighted by atomic mass is 16.2. The van der Waals surface area contributed by atoms with Gasteiger partial charge in [-0.15, -0.1) is 0 Å². The molecule has 1 aliphatic carbocycles. The predicted molar refractivity (Wildman–Crippen MR) is 94.7 cm³/mol. The molecule has 0 aromatic heterocycles. The molecule has 0 bridgehead atoms. The maximum atomic E-state index is 12.8. The van der Waals surface area contributed by atoms with Crippen molar-refractivity contribution in [3.8, 4) is 0 Å². The van der Waals surface area contributed by atoms with E-state index in [2.05, 4.69) is 17.1 Å². The molecule has 3 rings (SSSR count). The lowest BCUT2D eigenvalue weighted by atomic mass is 9.85. The van der Waals surface area contributed by atoms with Gasteiger partial charge in [0.1, 0.15) is 0 Å². The Morgan fingerprint density at radius 3 is 2.67 bits per heavy atom. The highest BCUT2D eigenvalue weighted by Crippen LogP contribution is 2.39. The molecule has 0 unspecified atom stereocenters. The van der Waals surface area contributed by atoms with Crippen LogP contribution in [0.25, 0.3) is 0 Å². The van der Waals surface area contributed by atoms with E-state index in [1.54, 1.807) is 12.1 Å². The minimum Gasteiger partial charge on any atom is -0.349 e. The molecule has 4 atom stereocenters. The Morgan fingerprint density at radius 1 is 1.21 bits per heavy atom. The number of nitrogens with one attached hydrogen (secondary N) is 1. The van der Waals surface area contributed by atoms with Crippen molar-refractivity contribution in [1.82, 2.24) is 10.2 Å². The largest absolute Gasteiger partial charge is 0.349 e. The van der Waals surface area contributed by atoms with Crippen LogP contribution < -0.4 is 5.32 Å². The SMILES string of the molecule is C[C@H](CC(=O)N1[C@H](C)C[C@@H]2CCCC[C@H]21)NC(=O)c1ccccc1. The second kappa shape index (κ2) is 7.37. The average Bonchev–Trinajstić information content (AvgIpc) is 2.91. The number of fused-ring (bicyclic) bond motifs is 1. The fourth-order valence-corrected chi connectivity index (χ4v) is 4.45. The van der Waals surface area contributed by atoms with Gasteiger partial charge in [0.15, 0.2) is 0 Å². The van der Waals surface area contributed by atoms with Gasteiger partial charge in [-0.1, -0.05) is 31.0 Å². The second-order valence-corrected chi connectivity index (χ2v) is 7.44. The summed E-state index contributed by atoms with van der Waals surface area (Å²) in [7, 11) is 0. The van der Waals surface area contributed by atoms with Gasteiger partial charge < -0.3 is 10.2 Å². The molecule has 4 heteroatoms. The molecule has 1 heterocycles. The normalized spacial score (nSPS) is 27.4. The predicted octanol–water partition coefficient (Wildman–Crippen LogP) is 3.37. The summed E-state index contributed by atoms with van der Waals surface area (Å²) in [6.45, 7) is 4.08. The first-order chi connectivity index (χ1) is 11.6. The number of amides is 2. The third-order valence-corrected chi connectivity index (χ3v) is 5.53. The topological polar surface area (TPSA) is 49.4 Å². The first-order valence-corrected chi connectivity index (χ1v) is 9.23. The highest BCUT2D eigenvalue weighted by molar-refractivity contribution is 5.94. The van der Waals surface area contributed by atoms with Crippen LogP contribution in [-0.4, -0.2) is 34.8 Å². The zero-order valence-electron chi connectivity index (χ0n) is 14.7. The Hall–Kier alpha value is -1.84. The number of nitrogens with zero attached hydrogens (tertiary/aromatic N) is 1. The van der Waals surface area contributed by atoms with Crippen molar-refractivity contribution in [2.75, 3.05) is 0 Å². The second-order valence-electron chi connectivity index (χ2n) is 7.44. The number of likely N-dealkylation sites (tertiary alicyclic amines) is 1. The summed E-state index contributed by atoms with van der Waals surface area (Å²) in [4.78, 5) is 27.1. The smallest absolute Gasteiger partial charge is 0.251 e. The van der Waals surface area contributed by atoms with Crippen molar-refractivity contribution in [3.63, 3.8) is 0 Å². The summed E-state index contributed by atoms with van der Waals surface area (Å²) >= 11 is 0. The van der Waals surface area contributed by atoms with Crippen LogP contribution in [0.1, 0.15) is 62.7 Å². The molecule has 1 N–H and O–H groups in total. The molecule has 0 spiro atoms. The van der Waals surface area contributed by atoms with Crippen molar-refractivity contribution >= 4 is 11.8 Å². The number of carbonyl (C=O) groups is 2. The van der Waals surface area contributed by atoms with E-state index in [-0.39, 0.29) is 17.9 Å². The lowest BCUT2D eigenvalue weighted by Crippen LogP contribution is -2.45. The molecule has 0 radical (unpaired) electrons. The van der Waals surface area contributed by atoms with Gasteiger partial charge >= 0.3 is 0 Å². The van der Waals surface area contributed by atoms with Crippen molar-refractivity contribution in [3.05, 3.63) is 35.9 Å². The number of carbonyl (C=O) groups excluding carboxylic acids is 2. The van der Waals surface area contributed by atoms with Crippen LogP contribution in [0.15, 0.2) is 30.3 Å². The zero-order valence-corrected chi connectivity index (χ0v) is 14.7. The first-order valence-electron chi connectivity index (χ1n) is 9.23. The van der Waals surface area contributed by atoms with Crippen LogP contribution in [0.5, 0.6) is 0 Å². The lowest BCUT2D eigenvalue weighted by Gasteiger charge is -2.34. The monoisotopic (exact) mass is 328 g/mol.